The molecule has 0 fully saturated rings. The monoisotopic (exact) mass is 293 g/mol. The van der Waals surface area contributed by atoms with Crippen LogP contribution in [0.5, 0.6) is 0 Å². The highest BCUT2D eigenvalue weighted by Crippen LogP contribution is 2.16. The van der Waals surface area contributed by atoms with Crippen molar-refractivity contribution >= 4 is 17.5 Å². The third-order valence-electron chi connectivity index (χ3n) is 3.09. The van der Waals surface area contributed by atoms with Gasteiger partial charge in [-0.2, -0.15) is 5.26 Å². The molecule has 1 aromatic carbocycles. The van der Waals surface area contributed by atoms with Gasteiger partial charge in [-0.3, -0.25) is 4.79 Å². The van der Waals surface area contributed by atoms with Crippen LogP contribution >= 0.6 is 11.6 Å². The van der Waals surface area contributed by atoms with Crippen molar-refractivity contribution in [2.24, 2.45) is 0 Å². The summed E-state index contributed by atoms with van der Waals surface area (Å²) in [5, 5.41) is 9.24. The summed E-state index contributed by atoms with van der Waals surface area (Å²) < 4.78 is 0. The third kappa shape index (κ3) is 5.60. The fraction of sp³-hybridized carbons (Fsp3) is 0.467. The van der Waals surface area contributed by atoms with Gasteiger partial charge in [0, 0.05) is 38.1 Å². The minimum absolute atomic E-state index is 0.0614. The van der Waals surface area contributed by atoms with E-state index in [-0.39, 0.29) is 5.91 Å². The third-order valence-corrected chi connectivity index (χ3v) is 3.46. The normalized spacial score (nSPS) is 10.3. The highest BCUT2D eigenvalue weighted by atomic mass is 35.5. The number of hydrogen-bond donors (Lipinski definition) is 0. The van der Waals surface area contributed by atoms with Gasteiger partial charge in [-0.25, -0.2) is 0 Å². The SMILES string of the molecule is CN(CCC(=O)N(C)CCC#N)Cc1ccccc1Cl. The molecule has 1 aromatic rings. The van der Waals surface area contributed by atoms with Gasteiger partial charge in [0.15, 0.2) is 0 Å². The zero-order chi connectivity index (χ0) is 15.0. The Bertz CT molecular complexity index is 484. The summed E-state index contributed by atoms with van der Waals surface area (Å²) in [4.78, 5) is 15.5. The molecule has 5 heteroatoms. The number of rotatable bonds is 7. The van der Waals surface area contributed by atoms with Crippen LogP contribution in [0.1, 0.15) is 18.4 Å². The van der Waals surface area contributed by atoms with Gasteiger partial charge in [0.1, 0.15) is 0 Å². The van der Waals surface area contributed by atoms with Crippen molar-refractivity contribution in [1.82, 2.24) is 9.80 Å². The van der Waals surface area contributed by atoms with Crippen molar-refractivity contribution in [3.63, 3.8) is 0 Å². The summed E-state index contributed by atoms with van der Waals surface area (Å²) in [7, 11) is 3.69. The van der Waals surface area contributed by atoms with E-state index < -0.39 is 0 Å². The lowest BCUT2D eigenvalue weighted by atomic mass is 10.2. The fourth-order valence-corrected chi connectivity index (χ4v) is 2.01. The summed E-state index contributed by atoms with van der Waals surface area (Å²) in [6.07, 6.45) is 0.820. The van der Waals surface area contributed by atoms with Crippen molar-refractivity contribution in [3.05, 3.63) is 34.9 Å². The zero-order valence-electron chi connectivity index (χ0n) is 12.0. The smallest absolute Gasteiger partial charge is 0.223 e. The van der Waals surface area contributed by atoms with Gasteiger partial charge in [0.25, 0.3) is 0 Å². The van der Waals surface area contributed by atoms with E-state index >= 15 is 0 Å². The zero-order valence-corrected chi connectivity index (χ0v) is 12.7. The molecule has 0 unspecified atom stereocenters. The highest BCUT2D eigenvalue weighted by Gasteiger charge is 2.10. The molecule has 20 heavy (non-hydrogen) atoms. The standard InChI is InChI=1S/C15H20ClN3O/c1-18(12-13-6-3-4-7-14(13)16)11-8-15(20)19(2)10-5-9-17/h3-4,6-7H,5,8,10-12H2,1-2H3. The number of carbonyl (C=O) groups excluding carboxylic acids is 1. The molecule has 0 saturated heterocycles. The maximum absolute atomic E-state index is 11.8. The molecule has 108 valence electrons. The second kappa shape index (κ2) is 8.57. The molecule has 0 spiro atoms. The first-order chi connectivity index (χ1) is 9.54. The molecule has 0 heterocycles. The molecule has 0 atom stereocenters. The van der Waals surface area contributed by atoms with Gasteiger partial charge >= 0.3 is 0 Å². The van der Waals surface area contributed by atoms with Gasteiger partial charge in [-0.05, 0) is 18.7 Å². The number of benzene rings is 1. The number of amides is 1. The van der Waals surface area contributed by atoms with Crippen molar-refractivity contribution in [1.29, 1.82) is 5.26 Å². The van der Waals surface area contributed by atoms with E-state index in [9.17, 15) is 4.79 Å². The largest absolute Gasteiger partial charge is 0.345 e. The average Bonchev–Trinajstić information content (AvgIpc) is 2.44. The topological polar surface area (TPSA) is 47.3 Å². The van der Waals surface area contributed by atoms with Crippen LogP contribution in [0.15, 0.2) is 24.3 Å². The molecular weight excluding hydrogens is 274 g/mol. The Morgan fingerprint density at radius 1 is 1.30 bits per heavy atom. The lowest BCUT2D eigenvalue weighted by molar-refractivity contribution is -0.130. The summed E-state index contributed by atoms with van der Waals surface area (Å²) in [5.41, 5.74) is 1.06. The van der Waals surface area contributed by atoms with Crippen molar-refractivity contribution < 1.29 is 4.79 Å². The lowest BCUT2D eigenvalue weighted by Crippen LogP contribution is -2.31. The molecule has 0 aliphatic carbocycles. The fourth-order valence-electron chi connectivity index (χ4n) is 1.82. The molecule has 4 nitrogen and oxygen atoms in total. The van der Waals surface area contributed by atoms with E-state index in [2.05, 4.69) is 4.90 Å². The van der Waals surface area contributed by atoms with Crippen LogP contribution in [0.3, 0.4) is 0 Å². The van der Waals surface area contributed by atoms with Crippen LogP contribution in [0, 0.1) is 11.3 Å². The molecule has 0 N–H and O–H groups in total. The van der Waals surface area contributed by atoms with E-state index in [0.29, 0.717) is 25.9 Å². The first-order valence-corrected chi connectivity index (χ1v) is 6.95. The maximum atomic E-state index is 11.8. The molecule has 0 saturated carbocycles. The Labute approximate surface area is 125 Å². The molecule has 1 amide bonds. The Kier molecular flexibility index (Phi) is 7.06. The van der Waals surface area contributed by atoms with E-state index in [1.165, 1.54) is 0 Å². The van der Waals surface area contributed by atoms with E-state index in [1.54, 1.807) is 11.9 Å². The van der Waals surface area contributed by atoms with Crippen LogP contribution in [0.2, 0.25) is 5.02 Å². The van der Waals surface area contributed by atoms with Gasteiger partial charge in [-0.15, -0.1) is 0 Å². The second-order valence-corrected chi connectivity index (χ2v) is 5.21. The minimum atomic E-state index is 0.0614. The predicted octanol–water partition coefficient (Wildman–Crippen LogP) is 2.53. The summed E-state index contributed by atoms with van der Waals surface area (Å²) in [5.74, 6) is 0.0614. The number of halogens is 1. The number of nitrogens with zero attached hydrogens (tertiary/aromatic N) is 3. The van der Waals surface area contributed by atoms with Crippen LogP contribution < -0.4 is 0 Å². The van der Waals surface area contributed by atoms with Crippen LogP contribution in [0.25, 0.3) is 0 Å². The number of nitriles is 1. The first kappa shape index (κ1) is 16.5. The van der Waals surface area contributed by atoms with Crippen molar-refractivity contribution in [2.45, 2.75) is 19.4 Å². The van der Waals surface area contributed by atoms with Gasteiger partial charge in [-0.1, -0.05) is 29.8 Å². The summed E-state index contributed by atoms with van der Waals surface area (Å²) in [6.45, 7) is 1.87. The molecule has 0 radical (unpaired) electrons. The van der Waals surface area contributed by atoms with E-state index in [1.807, 2.05) is 37.4 Å². The predicted molar refractivity (Wildman–Crippen MR) is 80.3 cm³/mol. The highest BCUT2D eigenvalue weighted by molar-refractivity contribution is 6.31. The number of hydrogen-bond acceptors (Lipinski definition) is 3. The van der Waals surface area contributed by atoms with Crippen LogP contribution in [0.4, 0.5) is 0 Å². The Balaban J connectivity index is 2.36. The molecule has 0 aromatic heterocycles. The summed E-state index contributed by atoms with van der Waals surface area (Å²) in [6, 6.07) is 9.75. The van der Waals surface area contributed by atoms with Crippen molar-refractivity contribution in [2.75, 3.05) is 27.2 Å². The molecule has 1 rings (SSSR count). The van der Waals surface area contributed by atoms with Gasteiger partial charge < -0.3 is 9.80 Å². The maximum Gasteiger partial charge on any atom is 0.223 e. The molecule has 0 aliphatic rings. The Hall–Kier alpha value is -1.57. The average molecular weight is 294 g/mol. The van der Waals surface area contributed by atoms with Gasteiger partial charge in [0.2, 0.25) is 5.91 Å². The van der Waals surface area contributed by atoms with Crippen LogP contribution in [-0.4, -0.2) is 42.9 Å². The first-order valence-electron chi connectivity index (χ1n) is 6.57. The van der Waals surface area contributed by atoms with E-state index in [0.717, 1.165) is 17.1 Å². The summed E-state index contributed by atoms with van der Waals surface area (Å²) >= 11 is 6.11. The van der Waals surface area contributed by atoms with Gasteiger partial charge in [0.05, 0.1) is 12.5 Å². The molecular formula is C15H20ClN3O. The Morgan fingerprint density at radius 3 is 2.65 bits per heavy atom. The quantitative estimate of drug-likeness (QED) is 0.776. The van der Waals surface area contributed by atoms with Crippen LogP contribution in [-0.2, 0) is 11.3 Å². The number of carbonyl (C=O) groups is 1. The molecule has 0 aliphatic heterocycles. The molecule has 0 bridgehead atoms. The van der Waals surface area contributed by atoms with Crippen molar-refractivity contribution in [3.8, 4) is 6.07 Å². The van der Waals surface area contributed by atoms with E-state index in [4.69, 9.17) is 16.9 Å². The minimum Gasteiger partial charge on any atom is -0.345 e. The second-order valence-electron chi connectivity index (χ2n) is 4.80. The Morgan fingerprint density at radius 2 is 2.00 bits per heavy atom. The lowest BCUT2D eigenvalue weighted by Gasteiger charge is -2.20.